The highest BCUT2D eigenvalue weighted by Crippen LogP contribution is 2.18. The molecule has 0 bridgehead atoms. The van der Waals surface area contributed by atoms with Crippen LogP contribution in [0.25, 0.3) is 10.9 Å². The number of fused-ring (bicyclic) bond motifs is 1. The predicted molar refractivity (Wildman–Crippen MR) is 96.5 cm³/mol. The number of likely N-dealkylation sites (N-methyl/N-ethyl adjacent to an activating group) is 1. The summed E-state index contributed by atoms with van der Waals surface area (Å²) in [5.41, 5.74) is 2.86. The van der Waals surface area contributed by atoms with Gasteiger partial charge in [-0.15, -0.1) is 0 Å². The Hall–Kier alpha value is -2.92. The number of hydrogen-bond donors (Lipinski definition) is 2. The monoisotopic (exact) mass is 321 g/mol. The molecule has 0 aliphatic heterocycles. The number of rotatable bonds is 5. The van der Waals surface area contributed by atoms with Gasteiger partial charge in [-0.1, -0.05) is 24.3 Å². The lowest BCUT2D eigenvalue weighted by molar-refractivity contribution is 0.102. The van der Waals surface area contributed by atoms with Gasteiger partial charge in [-0.3, -0.25) is 4.79 Å². The Morgan fingerprint density at radius 1 is 1.08 bits per heavy atom. The average Bonchev–Trinajstić information content (AvgIpc) is 2.62. The summed E-state index contributed by atoms with van der Waals surface area (Å²) >= 11 is 0. The first-order valence-corrected chi connectivity index (χ1v) is 7.76. The third-order valence-corrected chi connectivity index (χ3v) is 3.83. The number of carbonyl (C=O) groups excluding carboxylic acids is 1. The molecule has 0 spiro atoms. The fraction of sp³-hybridized carbons (Fsp3) is 0.158. The molecule has 0 radical (unpaired) electrons. The molecule has 24 heavy (non-hydrogen) atoms. The first-order chi connectivity index (χ1) is 11.7. The topological polar surface area (TPSA) is 65.5 Å². The molecule has 1 amide bonds. The van der Waals surface area contributed by atoms with Crippen molar-refractivity contribution < 1.29 is 9.90 Å². The van der Waals surface area contributed by atoms with Crippen LogP contribution in [0.1, 0.15) is 10.5 Å². The minimum absolute atomic E-state index is 0.0998. The van der Waals surface area contributed by atoms with Crippen LogP contribution in [0.4, 0.5) is 11.4 Å². The number of hydrogen-bond acceptors (Lipinski definition) is 4. The fourth-order valence-electron chi connectivity index (χ4n) is 2.47. The second kappa shape index (κ2) is 7.10. The van der Waals surface area contributed by atoms with Crippen molar-refractivity contribution in [3.8, 4) is 0 Å². The van der Waals surface area contributed by atoms with E-state index in [-0.39, 0.29) is 12.5 Å². The number of amides is 1. The maximum Gasteiger partial charge on any atom is 0.274 e. The highest BCUT2D eigenvalue weighted by atomic mass is 16.3. The van der Waals surface area contributed by atoms with E-state index in [9.17, 15) is 4.79 Å². The lowest BCUT2D eigenvalue weighted by Gasteiger charge is -2.18. The highest BCUT2D eigenvalue weighted by Gasteiger charge is 2.09. The number of benzene rings is 2. The Morgan fingerprint density at radius 2 is 1.83 bits per heavy atom. The summed E-state index contributed by atoms with van der Waals surface area (Å²) in [4.78, 5) is 18.7. The predicted octanol–water partition coefficient (Wildman–Crippen LogP) is 2.92. The average molecular weight is 321 g/mol. The summed E-state index contributed by atoms with van der Waals surface area (Å²) in [6, 6.07) is 18.8. The molecule has 3 rings (SSSR count). The molecule has 1 aromatic heterocycles. The van der Waals surface area contributed by atoms with Crippen LogP contribution in [0.5, 0.6) is 0 Å². The summed E-state index contributed by atoms with van der Waals surface area (Å²) in [6.45, 7) is 0.662. The maximum absolute atomic E-state index is 12.4. The quantitative estimate of drug-likeness (QED) is 0.758. The van der Waals surface area contributed by atoms with Crippen LogP contribution in [0, 0.1) is 0 Å². The molecule has 122 valence electrons. The zero-order valence-corrected chi connectivity index (χ0v) is 13.4. The van der Waals surface area contributed by atoms with Gasteiger partial charge in [-0.25, -0.2) is 4.98 Å². The minimum Gasteiger partial charge on any atom is -0.395 e. The summed E-state index contributed by atoms with van der Waals surface area (Å²) in [5, 5.41) is 12.8. The summed E-state index contributed by atoms with van der Waals surface area (Å²) in [6.07, 6.45) is 0. The third kappa shape index (κ3) is 3.52. The van der Waals surface area contributed by atoms with Crippen molar-refractivity contribution in [2.45, 2.75) is 0 Å². The molecule has 0 aliphatic rings. The molecule has 1 heterocycles. The maximum atomic E-state index is 12.4. The van der Waals surface area contributed by atoms with Gasteiger partial charge in [0.25, 0.3) is 5.91 Å². The Morgan fingerprint density at radius 3 is 2.58 bits per heavy atom. The number of nitrogens with one attached hydrogen (secondary N) is 1. The van der Waals surface area contributed by atoms with Crippen LogP contribution in [-0.4, -0.2) is 36.2 Å². The molecule has 0 saturated carbocycles. The number of aliphatic hydroxyl groups excluding tert-OH is 1. The largest absolute Gasteiger partial charge is 0.395 e. The van der Waals surface area contributed by atoms with E-state index in [4.69, 9.17) is 5.11 Å². The Balaban J connectivity index is 1.73. The number of pyridine rings is 1. The van der Waals surface area contributed by atoms with Crippen molar-refractivity contribution in [1.82, 2.24) is 4.98 Å². The first-order valence-electron chi connectivity index (χ1n) is 7.76. The summed E-state index contributed by atoms with van der Waals surface area (Å²) < 4.78 is 0. The van der Waals surface area contributed by atoms with Gasteiger partial charge in [0.2, 0.25) is 0 Å². The Bertz CT molecular complexity index is 847. The van der Waals surface area contributed by atoms with Crippen LogP contribution in [-0.2, 0) is 0 Å². The second-order valence-electron chi connectivity index (χ2n) is 5.54. The van der Waals surface area contributed by atoms with E-state index in [2.05, 4.69) is 10.3 Å². The SMILES string of the molecule is CN(CCO)c1ccc(NC(=O)c2ccc3ccccc3n2)cc1. The third-order valence-electron chi connectivity index (χ3n) is 3.83. The van der Waals surface area contributed by atoms with E-state index >= 15 is 0 Å². The second-order valence-corrected chi connectivity index (χ2v) is 5.54. The fourth-order valence-corrected chi connectivity index (χ4v) is 2.47. The smallest absolute Gasteiger partial charge is 0.274 e. The van der Waals surface area contributed by atoms with Crippen LogP contribution in [0.2, 0.25) is 0 Å². The van der Waals surface area contributed by atoms with Gasteiger partial charge >= 0.3 is 0 Å². The van der Waals surface area contributed by atoms with E-state index in [1.807, 2.05) is 66.5 Å². The van der Waals surface area contributed by atoms with Crippen LogP contribution in [0.3, 0.4) is 0 Å². The number of aliphatic hydroxyl groups is 1. The van der Waals surface area contributed by atoms with Crippen LogP contribution < -0.4 is 10.2 Å². The molecule has 3 aromatic rings. The van der Waals surface area contributed by atoms with E-state index in [1.165, 1.54) is 0 Å². The molecule has 0 fully saturated rings. The van der Waals surface area contributed by atoms with Crippen molar-refractivity contribution >= 4 is 28.2 Å². The number of nitrogens with zero attached hydrogens (tertiary/aromatic N) is 2. The van der Waals surface area contributed by atoms with Gasteiger partial charge in [-0.05, 0) is 36.4 Å². The number of aromatic nitrogens is 1. The van der Waals surface area contributed by atoms with Gasteiger partial charge in [-0.2, -0.15) is 0 Å². The lowest BCUT2D eigenvalue weighted by Crippen LogP contribution is -2.21. The molecule has 0 atom stereocenters. The molecular formula is C19H19N3O2. The molecule has 0 unspecified atom stereocenters. The van der Waals surface area contributed by atoms with Gasteiger partial charge < -0.3 is 15.3 Å². The molecule has 0 aliphatic carbocycles. The van der Waals surface area contributed by atoms with Crippen molar-refractivity contribution in [1.29, 1.82) is 0 Å². The molecule has 5 nitrogen and oxygen atoms in total. The standard InChI is InChI=1S/C19H19N3O2/c1-22(12-13-23)16-9-7-15(8-10-16)20-19(24)18-11-6-14-4-2-3-5-17(14)21-18/h2-11,23H,12-13H2,1H3,(H,20,24). The summed E-state index contributed by atoms with van der Waals surface area (Å²) in [7, 11) is 1.91. The van der Waals surface area contributed by atoms with E-state index in [0.717, 1.165) is 16.6 Å². The Kier molecular flexibility index (Phi) is 4.72. The van der Waals surface area contributed by atoms with Crippen molar-refractivity contribution in [2.75, 3.05) is 30.4 Å². The van der Waals surface area contributed by atoms with Crippen molar-refractivity contribution in [3.63, 3.8) is 0 Å². The molecule has 2 N–H and O–H groups in total. The van der Waals surface area contributed by atoms with Crippen molar-refractivity contribution in [3.05, 3.63) is 66.4 Å². The van der Waals surface area contributed by atoms with E-state index in [0.29, 0.717) is 17.9 Å². The van der Waals surface area contributed by atoms with Gasteiger partial charge in [0.05, 0.1) is 12.1 Å². The lowest BCUT2D eigenvalue weighted by atomic mass is 10.2. The summed E-state index contributed by atoms with van der Waals surface area (Å²) in [5.74, 6) is -0.239. The molecule has 0 saturated heterocycles. The normalized spacial score (nSPS) is 10.6. The molecule has 5 heteroatoms. The number of para-hydroxylation sites is 1. The van der Waals surface area contributed by atoms with E-state index in [1.54, 1.807) is 6.07 Å². The van der Waals surface area contributed by atoms with Gasteiger partial charge in [0.15, 0.2) is 0 Å². The van der Waals surface area contributed by atoms with Gasteiger partial charge in [0, 0.05) is 30.4 Å². The number of carbonyl (C=O) groups is 1. The van der Waals surface area contributed by atoms with Crippen LogP contribution >= 0.6 is 0 Å². The first kappa shape index (κ1) is 16.0. The zero-order chi connectivity index (χ0) is 16.9. The minimum atomic E-state index is -0.239. The van der Waals surface area contributed by atoms with Gasteiger partial charge in [0.1, 0.15) is 5.69 Å². The number of anilines is 2. The van der Waals surface area contributed by atoms with Crippen molar-refractivity contribution in [2.24, 2.45) is 0 Å². The highest BCUT2D eigenvalue weighted by molar-refractivity contribution is 6.04. The molecule has 2 aromatic carbocycles. The molecular weight excluding hydrogens is 302 g/mol. The zero-order valence-electron chi connectivity index (χ0n) is 13.4. The van der Waals surface area contributed by atoms with E-state index < -0.39 is 0 Å². The Labute approximate surface area is 140 Å². The van der Waals surface area contributed by atoms with Crippen LogP contribution in [0.15, 0.2) is 60.7 Å².